The first-order valence-electron chi connectivity index (χ1n) is 6.59. The molecule has 1 saturated carbocycles. The Morgan fingerprint density at radius 3 is 2.87 bits per heavy atom. The molecular formula is C13H27NO. The number of hydrogen-bond donors (Lipinski definition) is 1. The van der Waals surface area contributed by atoms with Gasteiger partial charge >= 0.3 is 0 Å². The maximum Gasteiger partial charge on any atom is 0.0462 e. The van der Waals surface area contributed by atoms with E-state index < -0.39 is 0 Å². The Bertz CT molecular complexity index is 147. The predicted octanol–water partition coefficient (Wildman–Crippen LogP) is 2.97. The molecule has 2 unspecified atom stereocenters. The molecule has 1 rings (SSSR count). The van der Waals surface area contributed by atoms with Crippen molar-refractivity contribution in [3.8, 4) is 0 Å². The highest BCUT2D eigenvalue weighted by atomic mass is 16.5. The van der Waals surface area contributed by atoms with Crippen molar-refractivity contribution in [1.82, 2.24) is 5.32 Å². The van der Waals surface area contributed by atoms with Crippen molar-refractivity contribution in [2.24, 2.45) is 5.92 Å². The van der Waals surface area contributed by atoms with Gasteiger partial charge in [0.2, 0.25) is 0 Å². The van der Waals surface area contributed by atoms with E-state index in [4.69, 9.17) is 4.74 Å². The highest BCUT2D eigenvalue weighted by molar-refractivity contribution is 4.77. The van der Waals surface area contributed by atoms with Gasteiger partial charge in [-0.1, -0.05) is 32.6 Å². The van der Waals surface area contributed by atoms with Gasteiger partial charge in [-0.05, 0) is 31.7 Å². The van der Waals surface area contributed by atoms with E-state index in [-0.39, 0.29) is 0 Å². The maximum atomic E-state index is 5.08. The van der Waals surface area contributed by atoms with Gasteiger partial charge in [-0.25, -0.2) is 0 Å². The Labute approximate surface area is 94.8 Å². The van der Waals surface area contributed by atoms with Gasteiger partial charge in [-0.2, -0.15) is 0 Å². The van der Waals surface area contributed by atoms with E-state index in [1.807, 2.05) is 0 Å². The lowest BCUT2D eigenvalue weighted by Crippen LogP contribution is -2.33. The molecule has 0 bridgehead atoms. The third-order valence-electron chi connectivity index (χ3n) is 3.49. The van der Waals surface area contributed by atoms with Crippen LogP contribution in [0.2, 0.25) is 0 Å². The molecule has 0 spiro atoms. The molecule has 2 atom stereocenters. The van der Waals surface area contributed by atoms with Crippen LogP contribution in [0.1, 0.15) is 51.9 Å². The van der Waals surface area contributed by atoms with Crippen molar-refractivity contribution in [3.05, 3.63) is 0 Å². The van der Waals surface area contributed by atoms with E-state index >= 15 is 0 Å². The van der Waals surface area contributed by atoms with Gasteiger partial charge in [0.15, 0.2) is 0 Å². The lowest BCUT2D eigenvalue weighted by molar-refractivity contribution is 0.186. The van der Waals surface area contributed by atoms with Gasteiger partial charge in [-0.3, -0.25) is 0 Å². The molecule has 90 valence electrons. The average Bonchev–Trinajstić information content (AvgIpc) is 2.26. The SMILES string of the molecule is CCNC1CCCC(CCCCOC)C1. The van der Waals surface area contributed by atoms with Crippen LogP contribution in [0, 0.1) is 5.92 Å². The van der Waals surface area contributed by atoms with E-state index in [9.17, 15) is 0 Å². The zero-order valence-corrected chi connectivity index (χ0v) is 10.4. The van der Waals surface area contributed by atoms with E-state index in [0.717, 1.165) is 25.1 Å². The second-order valence-electron chi connectivity index (χ2n) is 4.78. The van der Waals surface area contributed by atoms with Crippen LogP contribution in [0.25, 0.3) is 0 Å². The molecule has 1 fully saturated rings. The molecule has 0 aliphatic heterocycles. The van der Waals surface area contributed by atoms with Crippen LogP contribution in [-0.2, 0) is 4.74 Å². The first-order chi connectivity index (χ1) is 7.36. The molecule has 0 amide bonds. The number of methoxy groups -OCH3 is 1. The van der Waals surface area contributed by atoms with Crippen LogP contribution in [0.4, 0.5) is 0 Å². The first-order valence-corrected chi connectivity index (χ1v) is 6.59. The highest BCUT2D eigenvalue weighted by Gasteiger charge is 2.20. The third-order valence-corrected chi connectivity index (χ3v) is 3.49. The van der Waals surface area contributed by atoms with Crippen LogP contribution in [0.5, 0.6) is 0 Å². The summed E-state index contributed by atoms with van der Waals surface area (Å²) >= 11 is 0. The molecule has 1 N–H and O–H groups in total. The Morgan fingerprint density at radius 1 is 1.27 bits per heavy atom. The van der Waals surface area contributed by atoms with Gasteiger partial charge in [0, 0.05) is 19.8 Å². The molecule has 1 aliphatic carbocycles. The maximum absolute atomic E-state index is 5.08. The summed E-state index contributed by atoms with van der Waals surface area (Å²) in [6.45, 7) is 4.27. The van der Waals surface area contributed by atoms with Crippen LogP contribution in [-0.4, -0.2) is 26.3 Å². The van der Waals surface area contributed by atoms with Gasteiger partial charge in [0.05, 0.1) is 0 Å². The average molecular weight is 213 g/mol. The number of ether oxygens (including phenoxy) is 1. The van der Waals surface area contributed by atoms with Gasteiger partial charge in [-0.15, -0.1) is 0 Å². The molecule has 0 radical (unpaired) electrons. The van der Waals surface area contributed by atoms with Gasteiger partial charge in [0.25, 0.3) is 0 Å². The molecule has 0 aromatic rings. The minimum absolute atomic E-state index is 0.802. The monoisotopic (exact) mass is 213 g/mol. The fourth-order valence-corrected chi connectivity index (χ4v) is 2.71. The van der Waals surface area contributed by atoms with E-state index in [2.05, 4.69) is 12.2 Å². The molecule has 0 saturated heterocycles. The lowest BCUT2D eigenvalue weighted by atomic mass is 9.83. The molecule has 1 aliphatic rings. The van der Waals surface area contributed by atoms with Crippen LogP contribution >= 0.6 is 0 Å². The van der Waals surface area contributed by atoms with E-state index in [0.29, 0.717) is 0 Å². The number of unbranched alkanes of at least 4 members (excludes halogenated alkanes) is 1. The Hall–Kier alpha value is -0.0800. The molecule has 2 heteroatoms. The summed E-state index contributed by atoms with van der Waals surface area (Å²) in [7, 11) is 1.79. The Kier molecular flexibility index (Phi) is 7.03. The van der Waals surface area contributed by atoms with Crippen LogP contribution < -0.4 is 5.32 Å². The zero-order chi connectivity index (χ0) is 10.9. The molecule has 0 aromatic heterocycles. The third kappa shape index (κ3) is 5.53. The van der Waals surface area contributed by atoms with Crippen molar-refractivity contribution in [2.75, 3.05) is 20.3 Å². The number of rotatable bonds is 7. The fraction of sp³-hybridized carbons (Fsp3) is 1.00. The standard InChI is InChI=1S/C13H27NO/c1-3-14-13-9-6-8-12(11-13)7-4-5-10-15-2/h12-14H,3-11H2,1-2H3. The molecule has 0 heterocycles. The molecule has 15 heavy (non-hydrogen) atoms. The highest BCUT2D eigenvalue weighted by Crippen LogP contribution is 2.28. The van der Waals surface area contributed by atoms with Crippen molar-refractivity contribution >= 4 is 0 Å². The van der Waals surface area contributed by atoms with Crippen LogP contribution in [0.3, 0.4) is 0 Å². The summed E-state index contributed by atoms with van der Waals surface area (Å²) in [6.07, 6.45) is 9.66. The quantitative estimate of drug-likeness (QED) is 0.656. The lowest BCUT2D eigenvalue weighted by Gasteiger charge is -2.29. The van der Waals surface area contributed by atoms with Crippen molar-refractivity contribution in [3.63, 3.8) is 0 Å². The fourth-order valence-electron chi connectivity index (χ4n) is 2.71. The molecule has 0 aromatic carbocycles. The summed E-state index contributed by atoms with van der Waals surface area (Å²) in [5.74, 6) is 0.972. The van der Waals surface area contributed by atoms with Crippen LogP contribution in [0.15, 0.2) is 0 Å². The Morgan fingerprint density at radius 2 is 2.13 bits per heavy atom. The largest absolute Gasteiger partial charge is 0.385 e. The van der Waals surface area contributed by atoms with E-state index in [1.165, 1.54) is 44.9 Å². The van der Waals surface area contributed by atoms with E-state index in [1.54, 1.807) is 7.11 Å². The molecular weight excluding hydrogens is 186 g/mol. The zero-order valence-electron chi connectivity index (χ0n) is 10.4. The number of hydrogen-bond acceptors (Lipinski definition) is 2. The summed E-state index contributed by atoms with van der Waals surface area (Å²) in [6, 6.07) is 0.802. The van der Waals surface area contributed by atoms with Crippen molar-refractivity contribution in [2.45, 2.75) is 57.9 Å². The van der Waals surface area contributed by atoms with Gasteiger partial charge in [0.1, 0.15) is 0 Å². The van der Waals surface area contributed by atoms with Crippen molar-refractivity contribution in [1.29, 1.82) is 0 Å². The summed E-state index contributed by atoms with van der Waals surface area (Å²) < 4.78 is 5.08. The smallest absolute Gasteiger partial charge is 0.0462 e. The Balaban J connectivity index is 2.07. The topological polar surface area (TPSA) is 21.3 Å². The van der Waals surface area contributed by atoms with Crippen molar-refractivity contribution < 1.29 is 4.74 Å². The second-order valence-corrected chi connectivity index (χ2v) is 4.78. The second kappa shape index (κ2) is 8.12. The summed E-state index contributed by atoms with van der Waals surface area (Å²) in [4.78, 5) is 0. The minimum atomic E-state index is 0.802. The number of nitrogens with one attached hydrogen (secondary N) is 1. The first kappa shape index (κ1) is 13.0. The van der Waals surface area contributed by atoms with Gasteiger partial charge < -0.3 is 10.1 Å². The predicted molar refractivity (Wildman–Crippen MR) is 65.1 cm³/mol. The molecule has 2 nitrogen and oxygen atoms in total. The normalized spacial score (nSPS) is 26.8. The summed E-state index contributed by atoms with van der Waals surface area (Å²) in [5.41, 5.74) is 0. The summed E-state index contributed by atoms with van der Waals surface area (Å²) in [5, 5.41) is 3.59. The minimum Gasteiger partial charge on any atom is -0.385 e.